The molecule has 1 heterocycles. The Kier molecular flexibility index (Phi) is 2.65. The molecular formula is C7H9ClN2O. The molecule has 0 unspecified atom stereocenters. The zero-order chi connectivity index (χ0) is 8.27. The summed E-state index contributed by atoms with van der Waals surface area (Å²) in [6, 6.07) is 0. The van der Waals surface area contributed by atoms with Crippen LogP contribution in [0.15, 0.2) is 12.4 Å². The van der Waals surface area contributed by atoms with E-state index in [1.54, 1.807) is 6.20 Å². The zero-order valence-corrected chi connectivity index (χ0v) is 7.17. The molecule has 1 aromatic rings. The Balaban J connectivity index is 2.78. The molecule has 0 N–H and O–H groups in total. The Morgan fingerprint density at radius 3 is 2.55 bits per heavy atom. The molecule has 0 spiro atoms. The van der Waals surface area contributed by atoms with Gasteiger partial charge in [0.15, 0.2) is 5.15 Å². The Morgan fingerprint density at radius 2 is 2.00 bits per heavy atom. The van der Waals surface area contributed by atoms with E-state index >= 15 is 0 Å². The Bertz CT molecular complexity index is 240. The molecule has 0 aliphatic heterocycles. The standard InChI is InChI=1S/C7H9ClN2O/c1-5(2)11-7-6(8)9-3-4-10-7/h3-5H,1-2H3. The van der Waals surface area contributed by atoms with Crippen molar-refractivity contribution in [2.45, 2.75) is 20.0 Å². The van der Waals surface area contributed by atoms with Crippen LogP contribution >= 0.6 is 11.6 Å². The fourth-order valence-corrected chi connectivity index (χ4v) is 0.760. The summed E-state index contributed by atoms with van der Waals surface area (Å²) in [5, 5.41) is 0.307. The van der Waals surface area contributed by atoms with E-state index in [-0.39, 0.29) is 6.10 Å². The first kappa shape index (κ1) is 8.27. The lowest BCUT2D eigenvalue weighted by atomic mass is 10.5. The third-order valence-electron chi connectivity index (χ3n) is 0.970. The van der Waals surface area contributed by atoms with E-state index in [1.807, 2.05) is 13.8 Å². The highest BCUT2D eigenvalue weighted by Crippen LogP contribution is 2.17. The summed E-state index contributed by atoms with van der Waals surface area (Å²) >= 11 is 5.67. The molecule has 0 amide bonds. The molecule has 60 valence electrons. The average molecular weight is 173 g/mol. The van der Waals surface area contributed by atoms with E-state index in [4.69, 9.17) is 16.3 Å². The quantitative estimate of drug-likeness (QED) is 0.684. The lowest BCUT2D eigenvalue weighted by Gasteiger charge is -2.07. The van der Waals surface area contributed by atoms with E-state index in [2.05, 4.69) is 9.97 Å². The van der Waals surface area contributed by atoms with E-state index in [0.717, 1.165) is 0 Å². The van der Waals surface area contributed by atoms with E-state index in [0.29, 0.717) is 11.0 Å². The molecule has 0 bridgehead atoms. The van der Waals surface area contributed by atoms with Gasteiger partial charge in [-0.3, -0.25) is 0 Å². The highest BCUT2D eigenvalue weighted by Gasteiger charge is 2.03. The Morgan fingerprint density at radius 1 is 1.36 bits per heavy atom. The normalized spacial score (nSPS) is 10.2. The molecule has 1 rings (SSSR count). The summed E-state index contributed by atoms with van der Waals surface area (Å²) in [5.74, 6) is 0.393. The first-order chi connectivity index (χ1) is 5.20. The van der Waals surface area contributed by atoms with Crippen LogP contribution in [-0.2, 0) is 0 Å². The smallest absolute Gasteiger partial charge is 0.252 e. The van der Waals surface area contributed by atoms with Crippen molar-refractivity contribution >= 4 is 11.6 Å². The minimum atomic E-state index is 0.0733. The van der Waals surface area contributed by atoms with Crippen LogP contribution in [0.25, 0.3) is 0 Å². The van der Waals surface area contributed by atoms with Gasteiger partial charge in [0.25, 0.3) is 5.88 Å². The molecule has 0 aliphatic rings. The largest absolute Gasteiger partial charge is 0.473 e. The van der Waals surface area contributed by atoms with Crippen LogP contribution in [0, 0.1) is 0 Å². The number of ether oxygens (including phenoxy) is 1. The van der Waals surface area contributed by atoms with Gasteiger partial charge >= 0.3 is 0 Å². The first-order valence-electron chi connectivity index (χ1n) is 3.33. The molecular weight excluding hydrogens is 164 g/mol. The molecule has 1 aromatic heterocycles. The topological polar surface area (TPSA) is 35.0 Å². The van der Waals surface area contributed by atoms with Gasteiger partial charge in [0.1, 0.15) is 0 Å². The van der Waals surface area contributed by atoms with E-state index in [1.165, 1.54) is 6.20 Å². The van der Waals surface area contributed by atoms with Crippen LogP contribution in [0.4, 0.5) is 0 Å². The maximum Gasteiger partial charge on any atom is 0.252 e. The summed E-state index contributed by atoms with van der Waals surface area (Å²) in [6.45, 7) is 3.82. The molecule has 0 radical (unpaired) electrons. The van der Waals surface area contributed by atoms with Crippen LogP contribution in [-0.4, -0.2) is 16.1 Å². The summed E-state index contributed by atoms with van der Waals surface area (Å²) in [7, 11) is 0. The number of nitrogens with zero attached hydrogens (tertiary/aromatic N) is 2. The SMILES string of the molecule is CC(C)Oc1nccnc1Cl. The van der Waals surface area contributed by atoms with Gasteiger partial charge < -0.3 is 4.74 Å². The molecule has 0 atom stereocenters. The summed E-state index contributed by atoms with van der Waals surface area (Å²) in [6.07, 6.45) is 3.14. The summed E-state index contributed by atoms with van der Waals surface area (Å²) in [5.41, 5.74) is 0. The molecule has 11 heavy (non-hydrogen) atoms. The summed E-state index contributed by atoms with van der Waals surface area (Å²) in [4.78, 5) is 7.71. The maximum absolute atomic E-state index is 5.67. The van der Waals surface area contributed by atoms with Gasteiger partial charge in [-0.05, 0) is 13.8 Å². The molecule has 3 nitrogen and oxygen atoms in total. The first-order valence-corrected chi connectivity index (χ1v) is 3.71. The van der Waals surface area contributed by atoms with Gasteiger partial charge in [0.05, 0.1) is 6.10 Å². The molecule has 0 fully saturated rings. The van der Waals surface area contributed by atoms with Crippen molar-refractivity contribution in [2.24, 2.45) is 0 Å². The Hall–Kier alpha value is -0.830. The fourth-order valence-electron chi connectivity index (χ4n) is 0.611. The number of aromatic nitrogens is 2. The van der Waals surface area contributed by atoms with Gasteiger partial charge in [0.2, 0.25) is 0 Å². The predicted molar refractivity (Wildman–Crippen MR) is 42.8 cm³/mol. The second-order valence-corrected chi connectivity index (χ2v) is 2.68. The van der Waals surface area contributed by atoms with Gasteiger partial charge in [-0.1, -0.05) is 11.6 Å². The van der Waals surface area contributed by atoms with Crippen LogP contribution in [0.5, 0.6) is 5.88 Å². The molecule has 4 heteroatoms. The lowest BCUT2D eigenvalue weighted by Crippen LogP contribution is -2.07. The second kappa shape index (κ2) is 3.53. The van der Waals surface area contributed by atoms with Crippen LogP contribution in [0.2, 0.25) is 5.15 Å². The molecule has 0 saturated heterocycles. The lowest BCUT2D eigenvalue weighted by molar-refractivity contribution is 0.232. The highest BCUT2D eigenvalue weighted by atomic mass is 35.5. The molecule has 0 aliphatic carbocycles. The third kappa shape index (κ3) is 2.35. The monoisotopic (exact) mass is 172 g/mol. The van der Waals surface area contributed by atoms with Crippen molar-refractivity contribution in [3.8, 4) is 5.88 Å². The van der Waals surface area contributed by atoms with Crippen molar-refractivity contribution in [3.05, 3.63) is 17.5 Å². The average Bonchev–Trinajstić information content (AvgIpc) is 1.93. The van der Waals surface area contributed by atoms with Crippen molar-refractivity contribution in [1.82, 2.24) is 9.97 Å². The Labute approximate surface area is 70.4 Å². The maximum atomic E-state index is 5.67. The minimum Gasteiger partial charge on any atom is -0.473 e. The predicted octanol–water partition coefficient (Wildman–Crippen LogP) is 1.92. The number of halogens is 1. The van der Waals surface area contributed by atoms with Crippen LogP contribution in [0.1, 0.15) is 13.8 Å². The van der Waals surface area contributed by atoms with Gasteiger partial charge in [-0.25, -0.2) is 9.97 Å². The van der Waals surface area contributed by atoms with Crippen molar-refractivity contribution in [2.75, 3.05) is 0 Å². The van der Waals surface area contributed by atoms with E-state index < -0.39 is 0 Å². The number of hydrogen-bond acceptors (Lipinski definition) is 3. The minimum absolute atomic E-state index is 0.0733. The van der Waals surface area contributed by atoms with Crippen molar-refractivity contribution in [1.29, 1.82) is 0 Å². The highest BCUT2D eigenvalue weighted by molar-refractivity contribution is 6.30. The fraction of sp³-hybridized carbons (Fsp3) is 0.429. The zero-order valence-electron chi connectivity index (χ0n) is 6.41. The van der Waals surface area contributed by atoms with Crippen molar-refractivity contribution in [3.63, 3.8) is 0 Å². The number of hydrogen-bond donors (Lipinski definition) is 0. The third-order valence-corrected chi connectivity index (χ3v) is 1.23. The summed E-state index contributed by atoms with van der Waals surface area (Å²) < 4.78 is 5.24. The van der Waals surface area contributed by atoms with E-state index in [9.17, 15) is 0 Å². The second-order valence-electron chi connectivity index (χ2n) is 2.32. The van der Waals surface area contributed by atoms with Crippen molar-refractivity contribution < 1.29 is 4.74 Å². The number of rotatable bonds is 2. The molecule has 0 saturated carbocycles. The van der Waals surface area contributed by atoms with Crippen LogP contribution < -0.4 is 4.74 Å². The van der Waals surface area contributed by atoms with Gasteiger partial charge in [-0.15, -0.1) is 0 Å². The van der Waals surface area contributed by atoms with Gasteiger partial charge in [0, 0.05) is 12.4 Å². The van der Waals surface area contributed by atoms with Crippen LogP contribution in [0.3, 0.4) is 0 Å². The molecule has 0 aromatic carbocycles. The van der Waals surface area contributed by atoms with Gasteiger partial charge in [-0.2, -0.15) is 0 Å².